The molecule has 0 amide bonds. The molecule has 0 saturated carbocycles. The molecule has 0 N–H and O–H groups in total. The summed E-state index contributed by atoms with van der Waals surface area (Å²) in [5, 5.41) is 8.14. The van der Waals surface area contributed by atoms with Gasteiger partial charge in [0.05, 0.1) is 16.8 Å². The van der Waals surface area contributed by atoms with Gasteiger partial charge in [0.25, 0.3) is 5.89 Å². The van der Waals surface area contributed by atoms with Gasteiger partial charge in [-0.25, -0.2) is 0 Å². The fourth-order valence-electron chi connectivity index (χ4n) is 3.05. The Morgan fingerprint density at radius 2 is 2.00 bits per heavy atom. The summed E-state index contributed by atoms with van der Waals surface area (Å²) in [7, 11) is 0. The Balaban J connectivity index is 1.76. The lowest BCUT2D eigenvalue weighted by Crippen LogP contribution is -1.99. The van der Waals surface area contributed by atoms with Crippen LogP contribution in [0.1, 0.15) is 42.5 Å². The predicted molar refractivity (Wildman–Crippen MR) is 78.3 cm³/mol. The van der Waals surface area contributed by atoms with E-state index in [2.05, 4.69) is 15.3 Å². The molecule has 1 aliphatic rings. The Morgan fingerprint density at radius 1 is 1.14 bits per heavy atom. The lowest BCUT2D eigenvalue weighted by molar-refractivity contribution is 0.391. The first kappa shape index (κ1) is 13.3. The van der Waals surface area contributed by atoms with Crippen molar-refractivity contribution in [3.63, 3.8) is 0 Å². The fraction of sp³-hybridized carbons (Fsp3) is 0.438. The van der Waals surface area contributed by atoms with Gasteiger partial charge in [-0.15, -0.1) is 0 Å². The molecule has 6 nitrogen and oxygen atoms in total. The molecule has 0 radical (unpaired) electrons. The average molecular weight is 299 g/mol. The van der Waals surface area contributed by atoms with Crippen LogP contribution in [0.3, 0.4) is 0 Å². The molecule has 22 heavy (non-hydrogen) atoms. The van der Waals surface area contributed by atoms with Gasteiger partial charge in [0.2, 0.25) is 5.82 Å². The quantitative estimate of drug-likeness (QED) is 0.733. The number of hydrogen-bond acceptors (Lipinski definition) is 6. The Kier molecular flexibility index (Phi) is 3.10. The first-order valence-corrected chi connectivity index (χ1v) is 7.66. The molecule has 4 rings (SSSR count). The van der Waals surface area contributed by atoms with Crippen molar-refractivity contribution in [2.45, 2.75) is 46.0 Å². The molecular weight excluding hydrogens is 282 g/mol. The van der Waals surface area contributed by atoms with Gasteiger partial charge in [0.15, 0.2) is 0 Å². The van der Waals surface area contributed by atoms with Crippen molar-refractivity contribution in [2.75, 3.05) is 0 Å². The average Bonchev–Trinajstić information content (AvgIpc) is 3.23. The predicted octanol–water partition coefficient (Wildman–Crippen LogP) is 3.73. The van der Waals surface area contributed by atoms with Gasteiger partial charge in [-0.1, -0.05) is 17.2 Å². The summed E-state index contributed by atoms with van der Waals surface area (Å²) in [6.07, 6.45) is 6.83. The van der Waals surface area contributed by atoms with Crippen molar-refractivity contribution in [3.05, 3.63) is 29.0 Å². The van der Waals surface area contributed by atoms with Gasteiger partial charge in [-0.2, -0.15) is 4.98 Å². The first-order chi connectivity index (χ1) is 10.8. The molecule has 0 unspecified atom stereocenters. The summed E-state index contributed by atoms with van der Waals surface area (Å²) < 4.78 is 16.4. The standard InChI is InChI=1S/C16H17N3O3/c1-3-12-14(9(2)21-18-12)15-17-16(22-19-15)11-8-20-13-7-5-4-6-10(11)13/h8H,3-7H2,1-2H3. The maximum atomic E-state index is 5.65. The molecule has 3 aromatic rings. The Hall–Kier alpha value is -2.37. The van der Waals surface area contributed by atoms with E-state index in [-0.39, 0.29) is 0 Å². The van der Waals surface area contributed by atoms with Crippen LogP contribution >= 0.6 is 0 Å². The highest BCUT2D eigenvalue weighted by molar-refractivity contribution is 5.65. The zero-order valence-electron chi connectivity index (χ0n) is 12.7. The summed E-state index contributed by atoms with van der Waals surface area (Å²) in [4.78, 5) is 4.53. The van der Waals surface area contributed by atoms with Gasteiger partial charge >= 0.3 is 0 Å². The van der Waals surface area contributed by atoms with E-state index in [1.807, 2.05) is 13.8 Å². The van der Waals surface area contributed by atoms with E-state index in [1.165, 1.54) is 18.4 Å². The van der Waals surface area contributed by atoms with Crippen LogP contribution in [0.25, 0.3) is 22.8 Å². The van der Waals surface area contributed by atoms with Gasteiger partial charge in [-0.3, -0.25) is 0 Å². The van der Waals surface area contributed by atoms with Gasteiger partial charge in [0, 0.05) is 12.0 Å². The fourth-order valence-corrected chi connectivity index (χ4v) is 3.05. The summed E-state index contributed by atoms with van der Waals surface area (Å²) in [5.41, 5.74) is 3.80. The number of hydrogen-bond donors (Lipinski definition) is 0. The van der Waals surface area contributed by atoms with Crippen LogP contribution < -0.4 is 0 Å². The highest BCUT2D eigenvalue weighted by Gasteiger charge is 2.24. The molecule has 0 saturated heterocycles. The summed E-state index contributed by atoms with van der Waals surface area (Å²) in [5.74, 6) is 2.79. The second-order valence-corrected chi connectivity index (χ2v) is 5.60. The third kappa shape index (κ3) is 1.98. The second-order valence-electron chi connectivity index (χ2n) is 5.60. The monoisotopic (exact) mass is 299 g/mol. The maximum Gasteiger partial charge on any atom is 0.261 e. The highest BCUT2D eigenvalue weighted by atomic mass is 16.5. The van der Waals surface area contributed by atoms with Crippen molar-refractivity contribution in [3.8, 4) is 22.8 Å². The molecule has 0 aromatic carbocycles. The van der Waals surface area contributed by atoms with E-state index >= 15 is 0 Å². The maximum absolute atomic E-state index is 5.65. The zero-order chi connectivity index (χ0) is 15.1. The zero-order valence-corrected chi connectivity index (χ0v) is 12.7. The lowest BCUT2D eigenvalue weighted by Gasteiger charge is -2.09. The van der Waals surface area contributed by atoms with Crippen LogP contribution in [0, 0.1) is 6.92 Å². The molecule has 0 spiro atoms. The van der Waals surface area contributed by atoms with Crippen LogP contribution in [0.4, 0.5) is 0 Å². The molecule has 114 valence electrons. The van der Waals surface area contributed by atoms with Crippen molar-refractivity contribution in [1.29, 1.82) is 0 Å². The molecule has 0 atom stereocenters. The molecular formula is C16H17N3O3. The topological polar surface area (TPSA) is 78.1 Å². The van der Waals surface area contributed by atoms with Crippen LogP contribution in [-0.4, -0.2) is 15.3 Å². The summed E-state index contributed by atoms with van der Waals surface area (Å²) in [6.45, 7) is 3.88. The van der Waals surface area contributed by atoms with Crippen LogP contribution in [0.15, 0.2) is 19.7 Å². The molecule has 6 heteroatoms. The number of aryl methyl sites for hydroxylation is 3. The van der Waals surface area contributed by atoms with Crippen LogP contribution in [0.5, 0.6) is 0 Å². The minimum Gasteiger partial charge on any atom is -0.468 e. The lowest BCUT2D eigenvalue weighted by atomic mass is 9.95. The Morgan fingerprint density at radius 3 is 2.86 bits per heavy atom. The van der Waals surface area contributed by atoms with E-state index in [9.17, 15) is 0 Å². The minimum absolute atomic E-state index is 0.504. The Bertz CT molecular complexity index is 813. The number of rotatable bonds is 3. The van der Waals surface area contributed by atoms with Gasteiger partial charge < -0.3 is 13.5 Å². The van der Waals surface area contributed by atoms with Crippen molar-refractivity contribution in [2.24, 2.45) is 0 Å². The van der Waals surface area contributed by atoms with E-state index in [0.717, 1.165) is 41.8 Å². The third-order valence-corrected chi connectivity index (χ3v) is 4.21. The van der Waals surface area contributed by atoms with Crippen molar-refractivity contribution >= 4 is 0 Å². The van der Waals surface area contributed by atoms with Crippen molar-refractivity contribution in [1.82, 2.24) is 15.3 Å². The van der Waals surface area contributed by atoms with E-state index < -0.39 is 0 Å². The highest BCUT2D eigenvalue weighted by Crippen LogP contribution is 2.34. The van der Waals surface area contributed by atoms with Gasteiger partial charge in [-0.05, 0) is 32.6 Å². The molecule has 0 fully saturated rings. The third-order valence-electron chi connectivity index (χ3n) is 4.21. The number of aromatic nitrogens is 3. The number of fused-ring (bicyclic) bond motifs is 1. The molecule has 0 aliphatic heterocycles. The van der Waals surface area contributed by atoms with Crippen LogP contribution in [-0.2, 0) is 19.3 Å². The number of nitrogens with zero attached hydrogens (tertiary/aromatic N) is 3. The molecule has 3 aromatic heterocycles. The van der Waals surface area contributed by atoms with Gasteiger partial charge in [0.1, 0.15) is 17.8 Å². The smallest absolute Gasteiger partial charge is 0.261 e. The summed E-state index contributed by atoms with van der Waals surface area (Å²) >= 11 is 0. The van der Waals surface area contributed by atoms with Crippen LogP contribution in [0.2, 0.25) is 0 Å². The van der Waals surface area contributed by atoms with Crippen molar-refractivity contribution < 1.29 is 13.5 Å². The normalized spacial score (nSPS) is 14.3. The minimum atomic E-state index is 0.504. The molecule has 1 aliphatic carbocycles. The SMILES string of the molecule is CCc1noc(C)c1-c1noc(-c2coc3c2CCCC3)n1. The first-order valence-electron chi connectivity index (χ1n) is 7.66. The molecule has 0 bridgehead atoms. The Labute approximate surface area is 127 Å². The number of furan rings is 1. The van der Waals surface area contributed by atoms with E-state index in [1.54, 1.807) is 6.26 Å². The van der Waals surface area contributed by atoms with E-state index in [0.29, 0.717) is 17.5 Å². The van der Waals surface area contributed by atoms with E-state index in [4.69, 9.17) is 13.5 Å². The molecule has 3 heterocycles. The second kappa shape index (κ2) is 5.12. The largest absolute Gasteiger partial charge is 0.468 e. The summed E-state index contributed by atoms with van der Waals surface area (Å²) in [6, 6.07) is 0.